The van der Waals surface area contributed by atoms with Crippen LogP contribution in [-0.4, -0.2) is 75.8 Å². The van der Waals surface area contributed by atoms with Crippen molar-refractivity contribution in [1.82, 2.24) is 0 Å². The number of hydrogen-bond donors (Lipinski definition) is 3. The molecule has 5 unspecified atom stereocenters. The SMILES string of the molecule is COc1cccc2c1C(=O)c1c(O)c3c(c(O)c1C2=O)CC(O)(C(C)=O)C[C@@H]3OC1CC2N=C(C)OC2C(C)O1. The van der Waals surface area contributed by atoms with Gasteiger partial charge < -0.3 is 34.3 Å². The Morgan fingerprint density at radius 3 is 2.55 bits per heavy atom. The van der Waals surface area contributed by atoms with E-state index < -0.39 is 58.5 Å². The highest BCUT2D eigenvalue weighted by molar-refractivity contribution is 6.31. The van der Waals surface area contributed by atoms with Gasteiger partial charge in [0.1, 0.15) is 29.0 Å². The van der Waals surface area contributed by atoms with Crippen molar-refractivity contribution in [2.24, 2.45) is 4.99 Å². The standard InChI is InChI=1S/C29H29NO10/c1-11-28-16(30-13(3)39-28)8-19(38-11)40-18-10-29(36,12(2)31)9-15-21(18)27(35)23-22(25(15)33)24(32)14-6-5-7-17(37-4)20(14)26(23)34/h5-7,11,16,18-19,28,33,35-36H,8-10H2,1-4H3/t11?,16?,18-,19?,28?,29?/m0/s1. The quantitative estimate of drug-likeness (QED) is 0.411. The summed E-state index contributed by atoms with van der Waals surface area (Å²) in [5.41, 5.74) is -2.80. The van der Waals surface area contributed by atoms with Gasteiger partial charge in [-0.15, -0.1) is 0 Å². The molecule has 6 rings (SSSR count). The summed E-state index contributed by atoms with van der Waals surface area (Å²) in [6, 6.07) is 4.26. The molecule has 2 aromatic rings. The molecule has 4 aliphatic rings. The largest absolute Gasteiger partial charge is 0.507 e. The summed E-state index contributed by atoms with van der Waals surface area (Å²) in [5, 5.41) is 34.3. The molecule has 2 heterocycles. The van der Waals surface area contributed by atoms with Gasteiger partial charge in [-0.2, -0.15) is 0 Å². The van der Waals surface area contributed by atoms with Gasteiger partial charge in [0.05, 0.1) is 42.0 Å². The fourth-order valence-corrected chi connectivity index (χ4v) is 6.35. The number of benzene rings is 2. The minimum absolute atomic E-state index is 0.00529. The van der Waals surface area contributed by atoms with Crippen molar-refractivity contribution < 1.29 is 48.7 Å². The second-order valence-electron chi connectivity index (χ2n) is 10.8. The number of aliphatic imine (C=N–C) groups is 1. The van der Waals surface area contributed by atoms with Crippen molar-refractivity contribution in [3.05, 3.63) is 51.6 Å². The van der Waals surface area contributed by atoms with Crippen molar-refractivity contribution in [2.75, 3.05) is 7.11 Å². The molecule has 2 aliphatic carbocycles. The van der Waals surface area contributed by atoms with E-state index in [0.29, 0.717) is 12.3 Å². The number of Topliss-reactive ketones (excluding diaryl/α,β-unsaturated/α-hetero) is 1. The zero-order chi connectivity index (χ0) is 28.7. The van der Waals surface area contributed by atoms with E-state index in [9.17, 15) is 29.7 Å². The predicted octanol–water partition coefficient (Wildman–Crippen LogP) is 2.53. The van der Waals surface area contributed by atoms with Gasteiger partial charge in [0, 0.05) is 42.9 Å². The second-order valence-corrected chi connectivity index (χ2v) is 10.8. The maximum atomic E-state index is 13.7. The molecule has 40 heavy (non-hydrogen) atoms. The number of methoxy groups -OCH3 is 1. The first-order chi connectivity index (χ1) is 18.9. The Kier molecular flexibility index (Phi) is 6.02. The van der Waals surface area contributed by atoms with Gasteiger partial charge in [-0.05, 0) is 19.9 Å². The molecule has 0 bridgehead atoms. The van der Waals surface area contributed by atoms with Crippen molar-refractivity contribution in [1.29, 1.82) is 0 Å². The lowest BCUT2D eigenvalue weighted by molar-refractivity contribution is -0.242. The molecule has 1 saturated heterocycles. The van der Waals surface area contributed by atoms with Crippen molar-refractivity contribution in [2.45, 2.75) is 76.3 Å². The molecule has 3 N–H and O–H groups in total. The van der Waals surface area contributed by atoms with E-state index in [4.69, 9.17) is 18.9 Å². The molecular weight excluding hydrogens is 522 g/mol. The van der Waals surface area contributed by atoms with E-state index in [0.717, 1.165) is 0 Å². The number of aliphatic hydroxyl groups is 1. The van der Waals surface area contributed by atoms with Crippen molar-refractivity contribution in [3.63, 3.8) is 0 Å². The van der Waals surface area contributed by atoms with Crippen LogP contribution < -0.4 is 4.74 Å². The van der Waals surface area contributed by atoms with E-state index in [2.05, 4.69) is 4.99 Å². The van der Waals surface area contributed by atoms with Gasteiger partial charge in [-0.3, -0.25) is 14.4 Å². The molecule has 0 spiro atoms. The second kappa shape index (κ2) is 9.12. The van der Waals surface area contributed by atoms with Gasteiger partial charge in [0.15, 0.2) is 23.8 Å². The number of carbonyl (C=O) groups excluding carboxylic acids is 3. The first-order valence-corrected chi connectivity index (χ1v) is 13.1. The number of ether oxygens (including phenoxy) is 4. The summed E-state index contributed by atoms with van der Waals surface area (Å²) in [4.78, 5) is 44.4. The molecule has 2 aliphatic heterocycles. The molecular formula is C29H29NO10. The predicted molar refractivity (Wildman–Crippen MR) is 138 cm³/mol. The number of nitrogens with zero attached hydrogens (tertiary/aromatic N) is 1. The third-order valence-electron chi connectivity index (χ3n) is 8.34. The number of hydrogen-bond acceptors (Lipinski definition) is 11. The van der Waals surface area contributed by atoms with Gasteiger partial charge >= 0.3 is 0 Å². The van der Waals surface area contributed by atoms with Crippen molar-refractivity contribution >= 4 is 23.2 Å². The Morgan fingerprint density at radius 2 is 1.85 bits per heavy atom. The fourth-order valence-electron chi connectivity index (χ4n) is 6.35. The summed E-state index contributed by atoms with van der Waals surface area (Å²) in [5.74, 6) is -2.46. The molecule has 2 aromatic carbocycles. The van der Waals surface area contributed by atoms with E-state index in [1.54, 1.807) is 6.92 Å². The molecule has 0 aromatic heterocycles. The number of carbonyl (C=O) groups is 3. The summed E-state index contributed by atoms with van der Waals surface area (Å²) < 4.78 is 23.3. The molecule has 6 atom stereocenters. The lowest BCUT2D eigenvalue weighted by Crippen LogP contribution is -2.48. The highest BCUT2D eigenvalue weighted by atomic mass is 16.7. The highest BCUT2D eigenvalue weighted by Crippen LogP contribution is 2.52. The Labute approximate surface area is 229 Å². The van der Waals surface area contributed by atoms with Gasteiger partial charge in [-0.25, -0.2) is 4.99 Å². The van der Waals surface area contributed by atoms with Gasteiger partial charge in [-0.1, -0.05) is 12.1 Å². The van der Waals surface area contributed by atoms with E-state index >= 15 is 0 Å². The molecule has 0 amide bonds. The van der Waals surface area contributed by atoms with E-state index in [1.807, 2.05) is 6.92 Å². The van der Waals surface area contributed by atoms with E-state index in [1.165, 1.54) is 32.2 Å². The first kappa shape index (κ1) is 26.4. The van der Waals surface area contributed by atoms with Crippen LogP contribution in [0.15, 0.2) is 23.2 Å². The average molecular weight is 552 g/mol. The third kappa shape index (κ3) is 3.75. The van der Waals surface area contributed by atoms with Crippen LogP contribution in [0.25, 0.3) is 0 Å². The minimum atomic E-state index is -1.97. The lowest BCUT2D eigenvalue weighted by Gasteiger charge is -2.41. The molecule has 0 saturated carbocycles. The molecule has 1 fully saturated rings. The Bertz CT molecular complexity index is 1510. The molecule has 210 valence electrons. The first-order valence-electron chi connectivity index (χ1n) is 13.1. The molecule has 11 nitrogen and oxygen atoms in total. The maximum Gasteiger partial charge on any atom is 0.202 e. The number of ketones is 3. The summed E-state index contributed by atoms with van der Waals surface area (Å²) >= 11 is 0. The van der Waals surface area contributed by atoms with Crippen LogP contribution in [0.4, 0.5) is 0 Å². The van der Waals surface area contributed by atoms with Crippen LogP contribution in [-0.2, 0) is 25.4 Å². The van der Waals surface area contributed by atoms with Crippen molar-refractivity contribution in [3.8, 4) is 17.2 Å². The summed E-state index contributed by atoms with van der Waals surface area (Å²) in [7, 11) is 1.36. The number of aromatic hydroxyl groups is 2. The minimum Gasteiger partial charge on any atom is -0.507 e. The lowest BCUT2D eigenvalue weighted by atomic mass is 9.72. The number of rotatable bonds is 4. The van der Waals surface area contributed by atoms with Crippen LogP contribution in [0.5, 0.6) is 17.2 Å². The number of phenolic OH excluding ortho intramolecular Hbond substituents is 2. The normalized spacial score (nSPS) is 30.4. The maximum absolute atomic E-state index is 13.7. The zero-order valence-corrected chi connectivity index (χ0v) is 22.4. The fraction of sp³-hybridized carbons (Fsp3) is 0.448. The van der Waals surface area contributed by atoms with Gasteiger partial charge in [0.2, 0.25) is 5.78 Å². The average Bonchev–Trinajstić information content (AvgIpc) is 3.29. The number of phenols is 2. The molecule has 11 heteroatoms. The van der Waals surface area contributed by atoms with Crippen LogP contribution in [0.1, 0.15) is 82.7 Å². The summed E-state index contributed by atoms with van der Waals surface area (Å²) in [6.07, 6.45) is -3.07. The topological polar surface area (TPSA) is 161 Å². The molecule has 0 radical (unpaired) electrons. The van der Waals surface area contributed by atoms with Gasteiger partial charge in [0.25, 0.3) is 0 Å². The highest BCUT2D eigenvalue weighted by Gasteiger charge is 2.50. The Morgan fingerprint density at radius 1 is 1.12 bits per heavy atom. The van der Waals surface area contributed by atoms with Crippen LogP contribution >= 0.6 is 0 Å². The van der Waals surface area contributed by atoms with Crippen LogP contribution in [0.2, 0.25) is 0 Å². The van der Waals surface area contributed by atoms with Crippen LogP contribution in [0, 0.1) is 0 Å². The smallest absolute Gasteiger partial charge is 0.202 e. The zero-order valence-electron chi connectivity index (χ0n) is 22.4. The summed E-state index contributed by atoms with van der Waals surface area (Å²) in [6.45, 7) is 4.78. The van der Waals surface area contributed by atoms with Crippen LogP contribution in [0.3, 0.4) is 0 Å². The monoisotopic (exact) mass is 551 g/mol. The Balaban J connectivity index is 1.48. The third-order valence-corrected chi connectivity index (χ3v) is 8.34. The number of fused-ring (bicyclic) bond motifs is 4. The van der Waals surface area contributed by atoms with E-state index in [-0.39, 0.29) is 58.6 Å². The Hall–Kier alpha value is -3.80.